The van der Waals surface area contributed by atoms with Crippen molar-refractivity contribution in [2.75, 3.05) is 0 Å². The molecule has 3 rings (SSSR count). The molecule has 0 aliphatic rings. The normalized spacial score (nSPS) is 12.1. The van der Waals surface area contributed by atoms with Crippen LogP contribution in [-0.2, 0) is 0 Å². The van der Waals surface area contributed by atoms with Gasteiger partial charge < -0.3 is 10.8 Å². The Kier molecular flexibility index (Phi) is 4.10. The zero-order valence-electron chi connectivity index (χ0n) is 10.1. The number of phenolic OH excluding ortho intramolecular Hbond substituents is 1. The number of fused-ring (bicyclic) bond motifs is 1. The van der Waals surface area contributed by atoms with Gasteiger partial charge in [-0.2, -0.15) is 11.3 Å². The highest BCUT2D eigenvalue weighted by Crippen LogP contribution is 2.34. The van der Waals surface area contributed by atoms with Crippen LogP contribution in [-0.4, -0.2) is 5.11 Å². The summed E-state index contributed by atoms with van der Waals surface area (Å²) in [5, 5.41) is 16.2. The summed E-state index contributed by atoms with van der Waals surface area (Å²) in [5.41, 5.74) is 8.11. The fourth-order valence-electron chi connectivity index (χ4n) is 2.23. The molecule has 0 spiro atoms. The Hall–Kier alpha value is -1.55. The van der Waals surface area contributed by atoms with Crippen LogP contribution in [0.15, 0.2) is 53.2 Å². The van der Waals surface area contributed by atoms with Crippen LogP contribution in [0.5, 0.6) is 5.75 Å². The Labute approximate surface area is 121 Å². The molecule has 0 radical (unpaired) electrons. The lowest BCUT2D eigenvalue weighted by Crippen LogP contribution is -2.11. The van der Waals surface area contributed by atoms with Gasteiger partial charge in [0.05, 0.1) is 6.04 Å². The number of phenols is 1. The Morgan fingerprint density at radius 1 is 1.05 bits per heavy atom. The number of hydrogen-bond acceptors (Lipinski definition) is 3. The van der Waals surface area contributed by atoms with E-state index < -0.39 is 0 Å². The van der Waals surface area contributed by atoms with Gasteiger partial charge in [0.1, 0.15) is 5.75 Å². The number of thiophene rings is 1. The first-order chi connectivity index (χ1) is 8.77. The molecular formula is C15H14ClNOS. The largest absolute Gasteiger partial charge is 0.508 e. The van der Waals surface area contributed by atoms with E-state index in [1.807, 2.05) is 47.2 Å². The summed E-state index contributed by atoms with van der Waals surface area (Å²) < 4.78 is 0. The summed E-state index contributed by atoms with van der Waals surface area (Å²) in [5.74, 6) is 0.257. The fourth-order valence-corrected chi connectivity index (χ4v) is 2.93. The number of halogens is 1. The van der Waals surface area contributed by atoms with Crippen LogP contribution in [0, 0.1) is 0 Å². The van der Waals surface area contributed by atoms with Crippen molar-refractivity contribution in [3.8, 4) is 5.75 Å². The highest BCUT2D eigenvalue weighted by Gasteiger charge is 2.16. The van der Waals surface area contributed by atoms with E-state index in [4.69, 9.17) is 5.73 Å². The molecule has 19 heavy (non-hydrogen) atoms. The summed E-state index contributed by atoms with van der Waals surface area (Å²) in [6.07, 6.45) is 0. The minimum absolute atomic E-state index is 0. The molecule has 0 aliphatic heterocycles. The summed E-state index contributed by atoms with van der Waals surface area (Å²) >= 11 is 1.61. The highest BCUT2D eigenvalue weighted by molar-refractivity contribution is 7.08. The Morgan fingerprint density at radius 2 is 1.84 bits per heavy atom. The molecule has 3 aromatic rings. The Bertz CT molecular complexity index is 682. The van der Waals surface area contributed by atoms with Gasteiger partial charge in [0.25, 0.3) is 0 Å². The zero-order chi connectivity index (χ0) is 12.5. The van der Waals surface area contributed by atoms with Gasteiger partial charge in [-0.05, 0) is 39.2 Å². The van der Waals surface area contributed by atoms with E-state index in [2.05, 4.69) is 0 Å². The van der Waals surface area contributed by atoms with Gasteiger partial charge in [0.2, 0.25) is 0 Å². The molecule has 4 heteroatoms. The van der Waals surface area contributed by atoms with Crippen molar-refractivity contribution in [2.45, 2.75) is 6.04 Å². The number of benzene rings is 2. The van der Waals surface area contributed by atoms with Gasteiger partial charge in [0, 0.05) is 5.56 Å². The third-order valence-electron chi connectivity index (χ3n) is 3.16. The van der Waals surface area contributed by atoms with Gasteiger partial charge in [-0.3, -0.25) is 0 Å². The van der Waals surface area contributed by atoms with Crippen LogP contribution >= 0.6 is 23.7 Å². The fraction of sp³-hybridized carbons (Fsp3) is 0.0667. The van der Waals surface area contributed by atoms with Crippen LogP contribution in [0.4, 0.5) is 0 Å². The van der Waals surface area contributed by atoms with E-state index in [0.29, 0.717) is 0 Å². The maximum atomic E-state index is 10.1. The summed E-state index contributed by atoms with van der Waals surface area (Å²) in [6.45, 7) is 0. The van der Waals surface area contributed by atoms with E-state index in [-0.39, 0.29) is 24.2 Å². The average molecular weight is 292 g/mol. The van der Waals surface area contributed by atoms with Gasteiger partial charge in [0.15, 0.2) is 0 Å². The summed E-state index contributed by atoms with van der Waals surface area (Å²) in [7, 11) is 0. The molecule has 0 saturated heterocycles. The molecule has 1 aromatic heterocycles. The standard InChI is InChI=1S/C15H13NOS.ClH/c16-15(11-7-8-18-9-11)14-12-4-2-1-3-10(12)5-6-13(14)17;/h1-9,15,17H,16H2;1H/t15-;/m1./s1. The quantitative estimate of drug-likeness (QED) is 0.747. The van der Waals surface area contributed by atoms with Crippen molar-refractivity contribution >= 4 is 34.5 Å². The van der Waals surface area contributed by atoms with Gasteiger partial charge in [-0.25, -0.2) is 0 Å². The van der Waals surface area contributed by atoms with Crippen molar-refractivity contribution in [1.29, 1.82) is 0 Å². The second-order valence-electron chi connectivity index (χ2n) is 4.25. The lowest BCUT2D eigenvalue weighted by Gasteiger charge is -2.15. The number of rotatable bonds is 2. The summed E-state index contributed by atoms with van der Waals surface area (Å²) in [6, 6.07) is 13.3. The summed E-state index contributed by atoms with van der Waals surface area (Å²) in [4.78, 5) is 0. The topological polar surface area (TPSA) is 46.2 Å². The molecule has 0 fully saturated rings. The van der Waals surface area contributed by atoms with E-state index in [1.165, 1.54) is 0 Å². The molecule has 3 N–H and O–H groups in total. The van der Waals surface area contributed by atoms with Crippen molar-refractivity contribution < 1.29 is 5.11 Å². The number of hydrogen-bond donors (Lipinski definition) is 2. The van der Waals surface area contributed by atoms with E-state index in [1.54, 1.807) is 17.4 Å². The number of aromatic hydroxyl groups is 1. The van der Waals surface area contributed by atoms with Gasteiger partial charge in [-0.1, -0.05) is 30.3 Å². The first kappa shape index (κ1) is 13.9. The van der Waals surface area contributed by atoms with Crippen LogP contribution in [0.1, 0.15) is 17.2 Å². The number of nitrogens with two attached hydrogens (primary N) is 1. The monoisotopic (exact) mass is 291 g/mol. The van der Waals surface area contributed by atoms with E-state index in [9.17, 15) is 5.11 Å². The van der Waals surface area contributed by atoms with Crippen LogP contribution in [0.25, 0.3) is 10.8 Å². The Morgan fingerprint density at radius 3 is 2.58 bits per heavy atom. The zero-order valence-corrected chi connectivity index (χ0v) is 11.7. The average Bonchev–Trinajstić information content (AvgIpc) is 2.92. The van der Waals surface area contributed by atoms with Gasteiger partial charge >= 0.3 is 0 Å². The predicted octanol–water partition coefficient (Wildman–Crippen LogP) is 4.08. The van der Waals surface area contributed by atoms with Crippen LogP contribution in [0.2, 0.25) is 0 Å². The second-order valence-corrected chi connectivity index (χ2v) is 5.03. The van der Waals surface area contributed by atoms with Crippen molar-refractivity contribution in [3.63, 3.8) is 0 Å². The van der Waals surface area contributed by atoms with Crippen LogP contribution < -0.4 is 5.73 Å². The smallest absolute Gasteiger partial charge is 0.121 e. The molecule has 0 unspecified atom stereocenters. The lowest BCUT2D eigenvalue weighted by molar-refractivity contribution is 0.467. The minimum atomic E-state index is -0.289. The Balaban J connectivity index is 0.00000133. The minimum Gasteiger partial charge on any atom is -0.508 e. The molecule has 2 nitrogen and oxygen atoms in total. The second kappa shape index (κ2) is 5.61. The first-order valence-electron chi connectivity index (χ1n) is 5.75. The molecule has 98 valence electrons. The molecule has 1 atom stereocenters. The maximum absolute atomic E-state index is 10.1. The molecule has 1 heterocycles. The van der Waals surface area contributed by atoms with Crippen molar-refractivity contribution in [3.05, 3.63) is 64.4 Å². The predicted molar refractivity (Wildman–Crippen MR) is 83.2 cm³/mol. The third kappa shape index (κ3) is 2.45. The molecular weight excluding hydrogens is 278 g/mol. The SMILES string of the molecule is Cl.N[C@H](c1ccsc1)c1c(O)ccc2ccccc12. The highest BCUT2D eigenvalue weighted by atomic mass is 35.5. The molecule has 0 amide bonds. The molecule has 0 aliphatic carbocycles. The molecule has 0 bridgehead atoms. The van der Waals surface area contributed by atoms with Crippen LogP contribution in [0.3, 0.4) is 0 Å². The van der Waals surface area contributed by atoms with E-state index in [0.717, 1.165) is 21.9 Å². The third-order valence-corrected chi connectivity index (χ3v) is 3.86. The first-order valence-corrected chi connectivity index (χ1v) is 6.70. The van der Waals surface area contributed by atoms with Crippen molar-refractivity contribution in [2.24, 2.45) is 5.73 Å². The molecule has 0 saturated carbocycles. The van der Waals surface area contributed by atoms with E-state index >= 15 is 0 Å². The van der Waals surface area contributed by atoms with Gasteiger partial charge in [-0.15, -0.1) is 12.4 Å². The molecule has 2 aromatic carbocycles. The van der Waals surface area contributed by atoms with Crippen molar-refractivity contribution in [1.82, 2.24) is 0 Å². The lowest BCUT2D eigenvalue weighted by atomic mass is 9.95. The maximum Gasteiger partial charge on any atom is 0.121 e.